The van der Waals surface area contributed by atoms with Crippen molar-refractivity contribution >= 4 is 100 Å². The molecule has 0 fully saturated rings. The van der Waals surface area contributed by atoms with Crippen LogP contribution in [0.15, 0.2) is 270 Å². The standard InChI is InChI=1S/4C16H16N4.C8H7N.2C7H6N2.C4H4N2.8C2H6/c4*1-20-8-13(14-15(20)16(17)19-9-18-14)12-7-6-10-4-2-3-5-11(10)12;1-2-4-8-7(3-1)5-6-9-8;1-2-6-3-5-9-7(6)8-4-1;1-2-4-7-6(3-1)5-8-9-7;1-2-5-4-6-3-1;8*1-2/h4*2-5,8-9,12H,6-7H2,1H3,(H2,17,18,19);1-6,9H;2*1-5H,(H,8,9);1-4H;8*1-2H3. The van der Waals surface area contributed by atoms with Crippen molar-refractivity contribution in [1.29, 1.82) is 0 Å². The minimum atomic E-state index is 0.421. The second-order valence-corrected chi connectivity index (χ2v) is 28.6. The van der Waals surface area contributed by atoms with Crippen LogP contribution in [0, 0.1) is 0 Å². The third-order valence-corrected chi connectivity index (χ3v) is 21.9. The van der Waals surface area contributed by atoms with E-state index in [0.717, 1.165) is 117 Å². The summed E-state index contributed by atoms with van der Waals surface area (Å²) in [7, 11) is 8.03. The third-order valence-electron chi connectivity index (χ3n) is 21.9. The fraction of sp³-hybridized carbons (Fsp3) is 0.302. The Morgan fingerprint density at radius 3 is 0.899 bits per heavy atom. The van der Waals surface area contributed by atoms with E-state index in [0.29, 0.717) is 46.9 Å². The minimum absolute atomic E-state index is 0.421. The van der Waals surface area contributed by atoms with E-state index < -0.39 is 0 Å². The van der Waals surface area contributed by atoms with Crippen LogP contribution in [0.1, 0.15) is 227 Å². The smallest absolute Gasteiger partial charge is 0.151 e. The zero-order chi connectivity index (χ0) is 93.3. The Balaban J connectivity index is 0.000000182. The SMILES string of the molecule is CC.CC.CC.CC.CC.CC.CC.CC.Cn1cc(C2CCc3ccccc32)c2ncnc(N)c21.Cn1cc(C2CCc3ccccc32)c2ncnc(N)c21.Cn1cc(C2CCc3ccccc32)c2ncnc(N)c21.Cn1cc(C2CCc3ccccc32)c2ncnc(N)c21.c1ccc2[nH]ccc2c1.c1ccc2[nH]ncc2c1.c1cnc2[nH]ccc2c1.c1cncnc1. The van der Waals surface area contributed by atoms with Crippen LogP contribution in [0.3, 0.4) is 0 Å². The van der Waals surface area contributed by atoms with Crippen molar-refractivity contribution in [3.8, 4) is 0 Å². The lowest BCUT2D eigenvalue weighted by atomic mass is 9.94. The van der Waals surface area contributed by atoms with Gasteiger partial charge in [-0.25, -0.2) is 54.8 Å². The van der Waals surface area contributed by atoms with Crippen molar-refractivity contribution in [1.82, 2.24) is 93.3 Å². The molecule has 19 aromatic rings. The average Bonchev–Trinajstić information content (AvgIpc) is 1.63. The van der Waals surface area contributed by atoms with Crippen LogP contribution in [0.5, 0.6) is 0 Å². The van der Waals surface area contributed by atoms with E-state index in [2.05, 4.69) is 215 Å². The molecule has 23 rings (SSSR count). The molecule has 129 heavy (non-hydrogen) atoms. The lowest BCUT2D eigenvalue weighted by Crippen LogP contribution is -1.97. The molecule has 4 atom stereocenters. The van der Waals surface area contributed by atoms with Crippen molar-refractivity contribution < 1.29 is 0 Å². The highest BCUT2D eigenvalue weighted by atomic mass is 15.1. The molecule has 0 saturated heterocycles. The molecule has 13 heterocycles. The van der Waals surface area contributed by atoms with Gasteiger partial charge >= 0.3 is 0 Å². The van der Waals surface area contributed by atoms with Crippen LogP contribution in [0.2, 0.25) is 0 Å². The van der Waals surface area contributed by atoms with Crippen molar-refractivity contribution in [2.45, 2.75) is 186 Å². The molecule has 23 nitrogen and oxygen atoms in total. The predicted molar refractivity (Wildman–Crippen MR) is 541 cm³/mol. The van der Waals surface area contributed by atoms with Gasteiger partial charge < -0.3 is 51.2 Å². The first-order valence-corrected chi connectivity index (χ1v) is 45.9. The van der Waals surface area contributed by atoms with Crippen molar-refractivity contribution in [3.63, 3.8) is 0 Å². The fourth-order valence-electron chi connectivity index (χ4n) is 16.7. The predicted octanol–water partition coefficient (Wildman–Crippen LogP) is 24.5. The number of benzene rings is 6. The number of nitrogens with zero attached hydrogens (tertiary/aromatic N) is 16. The number of H-pyrrole nitrogens is 3. The number of nitrogen functional groups attached to an aromatic ring is 4. The summed E-state index contributed by atoms with van der Waals surface area (Å²) in [6.07, 6.45) is 36.3. The number of hydrogen-bond acceptors (Lipinski definition) is 16. The topological polar surface area (TPSA) is 326 Å². The maximum absolute atomic E-state index is 5.99. The van der Waals surface area contributed by atoms with E-state index in [-0.39, 0.29) is 0 Å². The molecule has 6 aromatic carbocycles. The van der Waals surface area contributed by atoms with Gasteiger partial charge in [0.05, 0.1) is 33.8 Å². The summed E-state index contributed by atoms with van der Waals surface area (Å²) >= 11 is 0. The van der Waals surface area contributed by atoms with Crippen LogP contribution >= 0.6 is 0 Å². The van der Waals surface area contributed by atoms with E-state index >= 15 is 0 Å². The number of aryl methyl sites for hydroxylation is 8. The number of fused-ring (bicyclic) bond motifs is 11. The molecule has 23 heteroatoms. The highest BCUT2D eigenvalue weighted by molar-refractivity contribution is 5.92. The molecule has 4 unspecified atom stereocenters. The quantitative estimate of drug-likeness (QED) is 0.0861. The number of para-hydroxylation sites is 2. The van der Waals surface area contributed by atoms with Gasteiger partial charge in [-0.3, -0.25) is 5.10 Å². The minimum Gasteiger partial charge on any atom is -0.382 e. The Hall–Kier alpha value is -14.2. The maximum Gasteiger partial charge on any atom is 0.151 e. The molecular formula is C106H135N23. The zero-order valence-electron chi connectivity index (χ0n) is 79.3. The average molecular weight is 1730 g/mol. The summed E-state index contributed by atoms with van der Waals surface area (Å²) in [6.45, 7) is 32.0. The molecule has 0 spiro atoms. The normalized spacial score (nSPS) is 13.8. The second kappa shape index (κ2) is 52.0. The Morgan fingerprint density at radius 1 is 0.279 bits per heavy atom. The molecule has 0 amide bonds. The van der Waals surface area contributed by atoms with Crippen molar-refractivity contribution in [3.05, 3.63) is 336 Å². The molecule has 4 aliphatic rings. The number of aromatic nitrogens is 19. The Labute approximate surface area is 762 Å². The summed E-state index contributed by atoms with van der Waals surface area (Å²) < 4.78 is 8.17. The van der Waals surface area contributed by atoms with Gasteiger partial charge in [0, 0.05) is 146 Å². The summed E-state index contributed by atoms with van der Waals surface area (Å²) in [6, 6.07) is 60.8. The molecule has 0 bridgehead atoms. The zero-order valence-corrected chi connectivity index (χ0v) is 79.3. The van der Waals surface area contributed by atoms with Gasteiger partial charge in [-0.05, 0) is 144 Å². The highest BCUT2D eigenvalue weighted by Crippen LogP contribution is 2.45. The Morgan fingerprint density at radius 2 is 0.581 bits per heavy atom. The summed E-state index contributed by atoms with van der Waals surface area (Å²) in [4.78, 5) is 51.8. The molecule has 0 saturated carbocycles. The summed E-state index contributed by atoms with van der Waals surface area (Å²) in [5.74, 6) is 3.89. The Bertz CT molecular complexity index is 5660. The number of aromatic amines is 3. The largest absolute Gasteiger partial charge is 0.382 e. The van der Waals surface area contributed by atoms with Gasteiger partial charge in [-0.1, -0.05) is 244 Å². The first-order valence-electron chi connectivity index (χ1n) is 45.9. The first-order chi connectivity index (χ1) is 63.4. The second-order valence-electron chi connectivity index (χ2n) is 28.6. The molecule has 0 radical (unpaired) electrons. The van der Waals surface area contributed by atoms with E-state index in [1.54, 1.807) is 50.0 Å². The molecule has 13 aromatic heterocycles. The maximum atomic E-state index is 5.99. The number of anilines is 4. The van der Waals surface area contributed by atoms with Crippen LogP contribution in [-0.4, -0.2) is 93.3 Å². The van der Waals surface area contributed by atoms with E-state index in [9.17, 15) is 0 Å². The van der Waals surface area contributed by atoms with Gasteiger partial charge in [0.1, 0.15) is 59.4 Å². The highest BCUT2D eigenvalue weighted by Gasteiger charge is 2.32. The van der Waals surface area contributed by atoms with Crippen LogP contribution in [0.25, 0.3) is 77.0 Å². The number of nitrogens with two attached hydrogens (primary N) is 4. The number of rotatable bonds is 4. The third kappa shape index (κ3) is 24.1. The van der Waals surface area contributed by atoms with Gasteiger partial charge in [-0.2, -0.15) is 5.10 Å². The van der Waals surface area contributed by atoms with E-state index in [4.69, 9.17) is 22.9 Å². The van der Waals surface area contributed by atoms with E-state index in [1.807, 2.05) is 230 Å². The lowest BCUT2D eigenvalue weighted by molar-refractivity contribution is 0.786. The van der Waals surface area contributed by atoms with Gasteiger partial charge in [0.2, 0.25) is 0 Å². The van der Waals surface area contributed by atoms with Crippen LogP contribution in [0.4, 0.5) is 23.3 Å². The number of hydrogen-bond donors (Lipinski definition) is 7. The van der Waals surface area contributed by atoms with E-state index in [1.165, 1.54) is 84.0 Å². The monoisotopic (exact) mass is 1730 g/mol. The van der Waals surface area contributed by atoms with Gasteiger partial charge in [0.15, 0.2) is 23.3 Å². The fourth-order valence-corrected chi connectivity index (χ4v) is 16.7. The lowest BCUT2D eigenvalue weighted by Gasteiger charge is -2.10. The molecule has 11 N–H and O–H groups in total. The molecule has 0 aliphatic heterocycles. The first kappa shape index (κ1) is 100. The Kier molecular flexibility index (Phi) is 40.4. The van der Waals surface area contributed by atoms with Gasteiger partial charge in [0.25, 0.3) is 0 Å². The van der Waals surface area contributed by atoms with Gasteiger partial charge in [-0.15, -0.1) is 0 Å². The number of pyridine rings is 1. The van der Waals surface area contributed by atoms with Crippen LogP contribution in [-0.2, 0) is 53.9 Å². The van der Waals surface area contributed by atoms with Crippen molar-refractivity contribution in [2.75, 3.05) is 22.9 Å². The molecular weight excluding hydrogens is 1600 g/mol. The molecule has 4 aliphatic carbocycles. The van der Waals surface area contributed by atoms with Crippen molar-refractivity contribution in [2.24, 2.45) is 28.2 Å². The molecule has 674 valence electrons. The summed E-state index contributed by atoms with van der Waals surface area (Å²) in [5, 5.41) is 10.3. The summed E-state index contributed by atoms with van der Waals surface area (Å²) in [5.41, 5.74) is 51.5. The number of nitrogens with one attached hydrogen (secondary N) is 3. The van der Waals surface area contributed by atoms with Crippen LogP contribution < -0.4 is 22.9 Å².